The van der Waals surface area contributed by atoms with Crippen LogP contribution in [0.5, 0.6) is 5.75 Å². The number of sulfonamides is 1. The Morgan fingerprint density at radius 2 is 1.93 bits per heavy atom. The smallest absolute Gasteiger partial charge is 0.243 e. The zero-order valence-corrected chi connectivity index (χ0v) is 24.4. The molecule has 1 aliphatic carbocycles. The van der Waals surface area contributed by atoms with Gasteiger partial charge < -0.3 is 15.4 Å². The summed E-state index contributed by atoms with van der Waals surface area (Å²) in [7, 11) is -2.38. The predicted molar refractivity (Wildman–Crippen MR) is 152 cm³/mol. The van der Waals surface area contributed by atoms with Crippen LogP contribution in [0.3, 0.4) is 0 Å². The molecular weight excluding hydrogens is 528 g/mol. The van der Waals surface area contributed by atoms with Gasteiger partial charge >= 0.3 is 0 Å². The molecule has 2 aliphatic rings. The number of ether oxygens (including phenoxy) is 1. The molecule has 1 fully saturated rings. The van der Waals surface area contributed by atoms with Crippen molar-refractivity contribution < 1.29 is 17.9 Å². The first kappa shape index (κ1) is 28.3. The molecule has 0 unspecified atom stereocenters. The number of hydrogen-bond donors (Lipinski definition) is 2. The molecule has 5 rings (SSSR count). The highest BCUT2D eigenvalue weighted by Gasteiger charge is 2.39. The molecule has 0 bridgehead atoms. The third-order valence-corrected chi connectivity index (χ3v) is 9.46. The summed E-state index contributed by atoms with van der Waals surface area (Å²) in [6, 6.07) is 12.0. The van der Waals surface area contributed by atoms with E-state index in [9.17, 15) is 13.2 Å². The lowest BCUT2D eigenvalue weighted by molar-refractivity contribution is -0.126. The van der Waals surface area contributed by atoms with E-state index >= 15 is 0 Å². The van der Waals surface area contributed by atoms with Crippen LogP contribution in [0.1, 0.15) is 62.0 Å². The Bertz CT molecular complexity index is 1460. The minimum absolute atomic E-state index is 0.0499. The minimum Gasteiger partial charge on any atom is -0.497 e. The molecule has 2 heterocycles. The molecule has 0 spiro atoms. The Morgan fingerprint density at radius 1 is 1.15 bits per heavy atom. The van der Waals surface area contributed by atoms with Crippen LogP contribution < -0.4 is 15.4 Å². The number of carbonyl (C=O) groups excluding carboxylic acids is 1. The number of nitrogens with one attached hydrogen (secondary N) is 2. The number of nitrogens with zero attached hydrogens (tertiary/aromatic N) is 4. The van der Waals surface area contributed by atoms with Crippen LogP contribution in [0.2, 0.25) is 0 Å². The van der Waals surface area contributed by atoms with Crippen molar-refractivity contribution in [3.8, 4) is 5.75 Å². The lowest BCUT2D eigenvalue weighted by Crippen LogP contribution is -2.57. The van der Waals surface area contributed by atoms with Crippen molar-refractivity contribution in [2.75, 3.05) is 20.2 Å². The number of benzene rings is 2. The van der Waals surface area contributed by atoms with Gasteiger partial charge in [0.25, 0.3) is 0 Å². The van der Waals surface area contributed by atoms with Crippen molar-refractivity contribution in [3.63, 3.8) is 0 Å². The van der Waals surface area contributed by atoms with Gasteiger partial charge in [-0.2, -0.15) is 4.31 Å². The SMILES string of the molecule is COc1ccc(S(=O)(=O)N2CCNC(=O)[C@H]2Cc2cn([C@H]3CCCc4cc(CNC(C)(C)C)ccc43)nn2)cc1. The first-order valence-corrected chi connectivity index (χ1v) is 15.2. The predicted octanol–water partition coefficient (Wildman–Crippen LogP) is 2.83. The van der Waals surface area contributed by atoms with E-state index < -0.39 is 16.1 Å². The summed E-state index contributed by atoms with van der Waals surface area (Å²) < 4.78 is 35.3. The maximum atomic E-state index is 13.5. The van der Waals surface area contributed by atoms with Crippen molar-refractivity contribution in [2.45, 2.75) is 75.5 Å². The largest absolute Gasteiger partial charge is 0.497 e. The van der Waals surface area contributed by atoms with Crippen LogP contribution in [0, 0.1) is 0 Å². The molecule has 2 N–H and O–H groups in total. The van der Waals surface area contributed by atoms with Gasteiger partial charge in [-0.1, -0.05) is 23.4 Å². The minimum atomic E-state index is -3.90. The summed E-state index contributed by atoms with van der Waals surface area (Å²) in [6.45, 7) is 7.73. The van der Waals surface area contributed by atoms with E-state index in [-0.39, 0.29) is 41.9 Å². The number of hydrogen-bond acceptors (Lipinski definition) is 7. The van der Waals surface area contributed by atoms with Gasteiger partial charge in [-0.05, 0) is 81.0 Å². The van der Waals surface area contributed by atoms with E-state index in [2.05, 4.69) is 59.9 Å². The summed E-state index contributed by atoms with van der Waals surface area (Å²) in [4.78, 5) is 13.0. The van der Waals surface area contributed by atoms with Crippen LogP contribution in [0.25, 0.3) is 0 Å². The Balaban J connectivity index is 1.34. The molecule has 1 saturated heterocycles. The number of fused-ring (bicyclic) bond motifs is 1. The summed E-state index contributed by atoms with van der Waals surface area (Å²) in [5, 5.41) is 15.1. The molecule has 1 amide bonds. The van der Waals surface area contributed by atoms with Gasteiger partial charge in [-0.3, -0.25) is 4.79 Å². The van der Waals surface area contributed by atoms with E-state index in [0.29, 0.717) is 11.4 Å². The van der Waals surface area contributed by atoms with Gasteiger partial charge in [-0.25, -0.2) is 13.1 Å². The molecule has 0 saturated carbocycles. The van der Waals surface area contributed by atoms with Crippen molar-refractivity contribution >= 4 is 15.9 Å². The first-order valence-electron chi connectivity index (χ1n) is 13.8. The second-order valence-corrected chi connectivity index (χ2v) is 13.4. The molecule has 2 aromatic carbocycles. The average molecular weight is 567 g/mol. The number of piperazine rings is 1. The lowest BCUT2D eigenvalue weighted by Gasteiger charge is -2.33. The number of amides is 1. The van der Waals surface area contributed by atoms with Crippen molar-refractivity contribution in [1.29, 1.82) is 0 Å². The van der Waals surface area contributed by atoms with Gasteiger partial charge in [0.15, 0.2) is 0 Å². The maximum absolute atomic E-state index is 13.5. The first-order chi connectivity index (χ1) is 19.0. The molecule has 3 aromatic rings. The molecule has 40 heavy (non-hydrogen) atoms. The number of rotatable bonds is 8. The lowest BCUT2D eigenvalue weighted by atomic mass is 9.86. The molecule has 11 heteroatoms. The second-order valence-electron chi connectivity index (χ2n) is 11.5. The van der Waals surface area contributed by atoms with E-state index in [4.69, 9.17) is 4.74 Å². The molecule has 214 valence electrons. The van der Waals surface area contributed by atoms with E-state index in [1.807, 2.05) is 10.9 Å². The molecule has 2 atom stereocenters. The van der Waals surface area contributed by atoms with E-state index in [1.165, 1.54) is 40.2 Å². The topological polar surface area (TPSA) is 118 Å². The number of carbonyl (C=O) groups is 1. The summed E-state index contributed by atoms with van der Waals surface area (Å²) in [6.07, 6.45) is 5.00. The van der Waals surface area contributed by atoms with Gasteiger partial charge in [-0.15, -0.1) is 5.10 Å². The number of aryl methyl sites for hydroxylation is 1. The van der Waals surface area contributed by atoms with Crippen molar-refractivity contribution in [2.24, 2.45) is 0 Å². The van der Waals surface area contributed by atoms with Gasteiger partial charge in [0.05, 0.1) is 23.7 Å². The quantitative estimate of drug-likeness (QED) is 0.431. The maximum Gasteiger partial charge on any atom is 0.243 e. The highest BCUT2D eigenvalue weighted by molar-refractivity contribution is 7.89. The van der Waals surface area contributed by atoms with Gasteiger partial charge in [0, 0.05) is 37.8 Å². The zero-order chi connectivity index (χ0) is 28.5. The fourth-order valence-corrected chi connectivity index (χ4v) is 7.00. The second kappa shape index (κ2) is 11.3. The summed E-state index contributed by atoms with van der Waals surface area (Å²) in [5.74, 6) is 0.225. The van der Waals surface area contributed by atoms with E-state index in [0.717, 1.165) is 25.8 Å². The molecule has 1 aromatic heterocycles. The van der Waals surface area contributed by atoms with Crippen LogP contribution in [-0.4, -0.2) is 65.4 Å². The van der Waals surface area contributed by atoms with Crippen LogP contribution in [0.4, 0.5) is 0 Å². The monoisotopic (exact) mass is 566 g/mol. The average Bonchev–Trinajstić information content (AvgIpc) is 3.40. The Labute approximate surface area is 236 Å². The van der Waals surface area contributed by atoms with Crippen molar-refractivity contribution in [1.82, 2.24) is 29.9 Å². The summed E-state index contributed by atoms with van der Waals surface area (Å²) >= 11 is 0. The zero-order valence-electron chi connectivity index (χ0n) is 23.6. The Hall–Kier alpha value is -3.28. The third-order valence-electron chi connectivity index (χ3n) is 7.54. The highest BCUT2D eigenvalue weighted by atomic mass is 32.2. The molecular formula is C29H38N6O4S. The normalized spacial score (nSPS) is 20.1. The fraction of sp³-hybridized carbons (Fsp3) is 0.483. The number of aromatic nitrogens is 3. The van der Waals surface area contributed by atoms with Crippen LogP contribution in [0.15, 0.2) is 53.6 Å². The molecule has 10 nitrogen and oxygen atoms in total. The van der Waals surface area contributed by atoms with Crippen molar-refractivity contribution in [3.05, 3.63) is 71.0 Å². The fourth-order valence-electron chi connectivity index (χ4n) is 5.41. The summed E-state index contributed by atoms with van der Waals surface area (Å²) in [5.41, 5.74) is 4.45. The number of methoxy groups -OCH3 is 1. The Kier molecular flexibility index (Phi) is 7.98. The van der Waals surface area contributed by atoms with E-state index in [1.54, 1.807) is 12.1 Å². The standard InChI is InChI=1S/C29H38N6O4S/c1-29(2,3)31-18-20-8-13-25-21(16-20)6-5-7-26(25)34-19-22(32-33-34)17-27-28(36)30-14-15-35(27)40(37,38)24-11-9-23(39-4)10-12-24/h8-13,16,19,26-27,31H,5-7,14-15,17-18H2,1-4H3,(H,30,36)/t26-,27+/m0/s1. The van der Waals surface area contributed by atoms with Gasteiger partial charge in [0.2, 0.25) is 15.9 Å². The highest BCUT2D eigenvalue weighted by Crippen LogP contribution is 2.33. The molecule has 1 aliphatic heterocycles. The van der Waals surface area contributed by atoms with Crippen LogP contribution in [-0.2, 0) is 34.2 Å². The molecule has 0 radical (unpaired) electrons. The third kappa shape index (κ3) is 6.06. The van der Waals surface area contributed by atoms with Crippen LogP contribution >= 0.6 is 0 Å². The Morgan fingerprint density at radius 3 is 2.65 bits per heavy atom. The van der Waals surface area contributed by atoms with Gasteiger partial charge in [0.1, 0.15) is 11.8 Å².